The Kier molecular flexibility index (Phi) is 6.08. The van der Waals surface area contributed by atoms with Crippen LogP contribution in [-0.4, -0.2) is 15.0 Å². The predicted molar refractivity (Wildman–Crippen MR) is 174 cm³/mol. The van der Waals surface area contributed by atoms with E-state index in [4.69, 9.17) is 19.4 Å². The van der Waals surface area contributed by atoms with Crippen LogP contribution < -0.4 is 0 Å². The molecule has 6 aromatic carbocycles. The van der Waals surface area contributed by atoms with Gasteiger partial charge in [0.15, 0.2) is 11.4 Å². The summed E-state index contributed by atoms with van der Waals surface area (Å²) in [6, 6.07) is 51.6. The summed E-state index contributed by atoms with van der Waals surface area (Å²) in [5.74, 6) is 1.32. The van der Waals surface area contributed by atoms with Crippen molar-refractivity contribution in [2.75, 3.05) is 0 Å². The van der Waals surface area contributed by atoms with Crippen molar-refractivity contribution in [2.24, 2.45) is 0 Å². The molecule has 202 valence electrons. The van der Waals surface area contributed by atoms with E-state index in [9.17, 15) is 0 Å². The lowest BCUT2D eigenvalue weighted by atomic mass is 9.94. The molecule has 0 saturated heterocycles. The van der Waals surface area contributed by atoms with Gasteiger partial charge in [-0.1, -0.05) is 115 Å². The van der Waals surface area contributed by atoms with Gasteiger partial charge in [0.1, 0.15) is 5.52 Å². The molecule has 8 aromatic rings. The highest BCUT2D eigenvalue weighted by Gasteiger charge is 2.16. The molecule has 0 aliphatic rings. The van der Waals surface area contributed by atoms with Gasteiger partial charge in [-0.3, -0.25) is 0 Å². The molecule has 0 amide bonds. The Bertz CT molecular complexity index is 2170. The van der Waals surface area contributed by atoms with Crippen molar-refractivity contribution in [1.82, 2.24) is 15.0 Å². The average molecular weight is 552 g/mol. The first kappa shape index (κ1) is 24.9. The summed E-state index contributed by atoms with van der Waals surface area (Å²) in [4.78, 5) is 14.9. The fourth-order valence-corrected chi connectivity index (χ4v) is 5.62. The number of oxazole rings is 1. The van der Waals surface area contributed by atoms with Crippen LogP contribution in [0.1, 0.15) is 0 Å². The third-order valence-electron chi connectivity index (χ3n) is 7.75. The molecule has 8 rings (SSSR count). The molecule has 43 heavy (non-hydrogen) atoms. The highest BCUT2D eigenvalue weighted by molar-refractivity contribution is 6.05. The summed E-state index contributed by atoms with van der Waals surface area (Å²) in [5.41, 5.74) is 9.61. The number of hydrogen-bond donors (Lipinski definition) is 0. The minimum Gasteiger partial charge on any atom is -0.436 e. The molecule has 4 nitrogen and oxygen atoms in total. The lowest BCUT2D eigenvalue weighted by molar-refractivity contribution is 0.620. The Morgan fingerprint density at radius 1 is 0.395 bits per heavy atom. The van der Waals surface area contributed by atoms with Crippen LogP contribution in [0.4, 0.5) is 0 Å². The van der Waals surface area contributed by atoms with Crippen molar-refractivity contribution < 1.29 is 4.42 Å². The third kappa shape index (κ3) is 4.65. The molecule has 0 fully saturated rings. The normalized spacial score (nSPS) is 11.3. The molecule has 2 aromatic heterocycles. The number of benzene rings is 6. The molecule has 0 unspecified atom stereocenters. The highest BCUT2D eigenvalue weighted by Crippen LogP contribution is 2.37. The standard InChI is InChI=1S/C39H25N3O/c1-4-12-26(13-5-1)35-25-36(27-14-6-2-7-15-27)41-38(40-35)33-22-21-30(31-18-10-11-19-32(31)33)29-20-23-34-37(24-29)43-39(42-34)28-16-8-3-9-17-28/h1-25H. The van der Waals surface area contributed by atoms with Crippen LogP contribution in [0.25, 0.3) is 78.4 Å². The van der Waals surface area contributed by atoms with Crippen molar-refractivity contribution in [2.45, 2.75) is 0 Å². The Morgan fingerprint density at radius 2 is 0.930 bits per heavy atom. The summed E-state index contributed by atoms with van der Waals surface area (Å²) >= 11 is 0. The molecule has 0 N–H and O–H groups in total. The van der Waals surface area contributed by atoms with Gasteiger partial charge in [0.2, 0.25) is 5.89 Å². The maximum absolute atomic E-state index is 6.20. The van der Waals surface area contributed by atoms with Crippen LogP contribution >= 0.6 is 0 Å². The third-order valence-corrected chi connectivity index (χ3v) is 7.75. The van der Waals surface area contributed by atoms with E-state index in [1.807, 2.05) is 72.8 Å². The molecule has 0 saturated carbocycles. The van der Waals surface area contributed by atoms with E-state index < -0.39 is 0 Å². The van der Waals surface area contributed by atoms with Gasteiger partial charge in [-0.15, -0.1) is 0 Å². The van der Waals surface area contributed by atoms with Crippen molar-refractivity contribution in [3.63, 3.8) is 0 Å². The fraction of sp³-hybridized carbons (Fsp3) is 0. The SMILES string of the molecule is c1ccc(-c2cc(-c3ccccc3)nc(-c3ccc(-c4ccc5nc(-c6ccccc6)oc5c4)c4ccccc34)n2)cc1. The van der Waals surface area contributed by atoms with E-state index in [-0.39, 0.29) is 0 Å². The van der Waals surface area contributed by atoms with E-state index in [1.54, 1.807) is 0 Å². The zero-order valence-corrected chi connectivity index (χ0v) is 23.2. The molecule has 0 aliphatic heterocycles. The van der Waals surface area contributed by atoms with Gasteiger partial charge in [-0.2, -0.15) is 0 Å². The van der Waals surface area contributed by atoms with Gasteiger partial charge >= 0.3 is 0 Å². The van der Waals surface area contributed by atoms with Crippen LogP contribution in [0.2, 0.25) is 0 Å². The molecule has 0 radical (unpaired) electrons. The van der Waals surface area contributed by atoms with Gasteiger partial charge in [-0.25, -0.2) is 15.0 Å². The monoisotopic (exact) mass is 551 g/mol. The van der Waals surface area contributed by atoms with Crippen molar-refractivity contribution in [3.8, 4) is 56.5 Å². The zero-order chi connectivity index (χ0) is 28.6. The first-order valence-corrected chi connectivity index (χ1v) is 14.3. The second-order valence-corrected chi connectivity index (χ2v) is 10.5. The minimum atomic E-state index is 0.623. The van der Waals surface area contributed by atoms with E-state index in [0.29, 0.717) is 11.7 Å². The van der Waals surface area contributed by atoms with Crippen LogP contribution in [0.3, 0.4) is 0 Å². The van der Waals surface area contributed by atoms with Crippen LogP contribution in [0.5, 0.6) is 0 Å². The topological polar surface area (TPSA) is 51.8 Å². The lowest BCUT2D eigenvalue weighted by Crippen LogP contribution is -1.97. The molecule has 0 atom stereocenters. The largest absolute Gasteiger partial charge is 0.436 e. The van der Waals surface area contributed by atoms with Gasteiger partial charge in [0, 0.05) is 22.3 Å². The van der Waals surface area contributed by atoms with Gasteiger partial charge in [0.25, 0.3) is 0 Å². The minimum absolute atomic E-state index is 0.623. The number of aromatic nitrogens is 3. The summed E-state index contributed by atoms with van der Waals surface area (Å²) in [6.07, 6.45) is 0. The fourth-order valence-electron chi connectivity index (χ4n) is 5.62. The zero-order valence-electron chi connectivity index (χ0n) is 23.2. The lowest BCUT2D eigenvalue weighted by Gasteiger charge is -2.13. The number of hydrogen-bond acceptors (Lipinski definition) is 4. The molecular weight excluding hydrogens is 526 g/mol. The first-order chi connectivity index (χ1) is 21.3. The number of fused-ring (bicyclic) bond motifs is 2. The van der Waals surface area contributed by atoms with Gasteiger partial charge < -0.3 is 4.42 Å². The van der Waals surface area contributed by atoms with Crippen molar-refractivity contribution in [1.29, 1.82) is 0 Å². The number of nitrogens with zero attached hydrogens (tertiary/aromatic N) is 3. The summed E-state index contributed by atoms with van der Waals surface area (Å²) < 4.78 is 6.20. The second kappa shape index (κ2) is 10.5. The van der Waals surface area contributed by atoms with Crippen LogP contribution in [0, 0.1) is 0 Å². The Labute approximate surface area is 249 Å². The van der Waals surface area contributed by atoms with Gasteiger partial charge in [0.05, 0.1) is 11.4 Å². The molecule has 4 heteroatoms. The summed E-state index contributed by atoms with van der Waals surface area (Å²) in [5, 5.41) is 2.21. The maximum atomic E-state index is 6.20. The van der Waals surface area contributed by atoms with Gasteiger partial charge in [-0.05, 0) is 58.3 Å². The first-order valence-electron chi connectivity index (χ1n) is 14.3. The smallest absolute Gasteiger partial charge is 0.227 e. The van der Waals surface area contributed by atoms with E-state index in [2.05, 4.69) is 78.9 Å². The van der Waals surface area contributed by atoms with E-state index in [0.717, 1.165) is 66.6 Å². The molecule has 2 heterocycles. The number of rotatable bonds is 5. The van der Waals surface area contributed by atoms with Crippen molar-refractivity contribution in [3.05, 3.63) is 152 Å². The van der Waals surface area contributed by atoms with Crippen LogP contribution in [0.15, 0.2) is 156 Å². The molecular formula is C39H25N3O. The summed E-state index contributed by atoms with van der Waals surface area (Å²) in [6.45, 7) is 0. The average Bonchev–Trinajstić information content (AvgIpc) is 3.52. The Hall–Kier alpha value is -5.87. The molecule has 0 bridgehead atoms. The molecule has 0 spiro atoms. The predicted octanol–water partition coefficient (Wildman–Crippen LogP) is 10.1. The Morgan fingerprint density at radius 3 is 1.56 bits per heavy atom. The van der Waals surface area contributed by atoms with Crippen LogP contribution in [-0.2, 0) is 0 Å². The Balaban J connectivity index is 1.28. The van der Waals surface area contributed by atoms with E-state index >= 15 is 0 Å². The molecule has 0 aliphatic carbocycles. The van der Waals surface area contributed by atoms with Crippen molar-refractivity contribution >= 4 is 21.9 Å². The summed E-state index contributed by atoms with van der Waals surface area (Å²) in [7, 11) is 0. The quantitative estimate of drug-likeness (QED) is 0.214. The highest BCUT2D eigenvalue weighted by atomic mass is 16.3. The maximum Gasteiger partial charge on any atom is 0.227 e. The van der Waals surface area contributed by atoms with E-state index in [1.165, 1.54) is 0 Å². The second-order valence-electron chi connectivity index (χ2n) is 10.5.